The van der Waals surface area contributed by atoms with Gasteiger partial charge in [0.2, 0.25) is 0 Å². The van der Waals surface area contributed by atoms with Crippen molar-refractivity contribution in [1.82, 2.24) is 0 Å². The van der Waals surface area contributed by atoms with E-state index in [2.05, 4.69) is 5.73 Å². The van der Waals surface area contributed by atoms with E-state index in [9.17, 15) is 35.9 Å². The first-order valence-corrected chi connectivity index (χ1v) is 5.58. The van der Waals surface area contributed by atoms with E-state index in [1.165, 1.54) is 0 Å². The number of benzene rings is 1. The molecule has 1 atom stereocenters. The predicted octanol–water partition coefficient (Wildman–Crippen LogP) is 1.67. The molecule has 0 amide bonds. The first-order chi connectivity index (χ1) is 10.2. The second-order valence-electron chi connectivity index (χ2n) is 4.37. The van der Waals surface area contributed by atoms with Crippen molar-refractivity contribution in [1.29, 1.82) is 0 Å². The van der Waals surface area contributed by atoms with Gasteiger partial charge >= 0.3 is 30.0 Å². The molecule has 0 aliphatic rings. The molecule has 23 heavy (non-hydrogen) atoms. The third-order valence-corrected chi connectivity index (χ3v) is 2.68. The largest absolute Gasteiger partial charge is 1.00 e. The standard InChI is InChI=1S/C11H8F6N2O4.H/c12-9(13,10(14,15)16)11(17,18)19-4-1-2-5(7(20)21)6(3-4)8(22)23;/h1-3,19H,18H2,(H,20,21)(H,22,23);/q;-1/p+1. The molecule has 0 heterocycles. The molecule has 1 aromatic carbocycles. The summed E-state index contributed by atoms with van der Waals surface area (Å²) in [4.78, 5) is 21.6. The number of halogens is 6. The summed E-state index contributed by atoms with van der Waals surface area (Å²) < 4.78 is 76.2. The van der Waals surface area contributed by atoms with Crippen LogP contribution in [0.1, 0.15) is 22.1 Å². The maximum atomic E-state index is 13.7. The topological polar surface area (TPSA) is 114 Å². The number of carboxylic acids is 2. The Bertz CT molecular complexity index is 650. The third kappa shape index (κ3) is 3.47. The molecule has 0 fully saturated rings. The van der Waals surface area contributed by atoms with Gasteiger partial charge in [-0.2, -0.15) is 26.3 Å². The van der Waals surface area contributed by atoms with Crippen LogP contribution in [0.2, 0.25) is 0 Å². The Morgan fingerprint density at radius 2 is 1.48 bits per heavy atom. The van der Waals surface area contributed by atoms with E-state index in [0.717, 1.165) is 5.32 Å². The molecule has 0 saturated heterocycles. The number of hydrogen-bond acceptors (Lipinski definition) is 3. The molecule has 0 saturated carbocycles. The van der Waals surface area contributed by atoms with Gasteiger partial charge in [-0.1, -0.05) is 0 Å². The number of hydrogen-bond donors (Lipinski definition) is 4. The second-order valence-corrected chi connectivity index (χ2v) is 4.37. The minimum absolute atomic E-state index is 0. The number of rotatable bonds is 5. The van der Waals surface area contributed by atoms with Crippen LogP contribution in [0, 0.1) is 0 Å². The number of anilines is 1. The zero-order valence-corrected chi connectivity index (χ0v) is 10.9. The minimum atomic E-state index is -6.26. The normalized spacial score (nSPS) is 14.9. The van der Waals surface area contributed by atoms with Crippen molar-refractivity contribution in [2.75, 3.05) is 5.32 Å². The monoisotopic (exact) mass is 348 g/mol. The smallest absolute Gasteiger partial charge is 0.466 e. The highest BCUT2D eigenvalue weighted by molar-refractivity contribution is 6.02. The maximum absolute atomic E-state index is 13.7. The lowest BCUT2D eigenvalue weighted by Gasteiger charge is -2.29. The fourth-order valence-electron chi connectivity index (χ4n) is 1.52. The van der Waals surface area contributed by atoms with Crippen molar-refractivity contribution >= 4 is 17.6 Å². The molecule has 0 aliphatic carbocycles. The highest BCUT2D eigenvalue weighted by Gasteiger charge is 2.74. The first kappa shape index (κ1) is 18.5. The molecule has 0 aliphatic heterocycles. The van der Waals surface area contributed by atoms with Crippen LogP contribution in [0.4, 0.5) is 32.0 Å². The lowest BCUT2D eigenvalue weighted by atomic mass is 10.1. The number of carboxylic acid groups (broad SMARTS) is 2. The summed E-state index contributed by atoms with van der Waals surface area (Å²) in [6, 6.07) is 1.63. The Morgan fingerprint density at radius 1 is 1.00 bits per heavy atom. The molecule has 0 spiro atoms. The van der Waals surface area contributed by atoms with Gasteiger partial charge in [0, 0.05) is 5.69 Å². The van der Waals surface area contributed by atoms with Gasteiger partial charge in [0.05, 0.1) is 11.1 Å². The summed E-state index contributed by atoms with van der Waals surface area (Å²) in [5.41, 5.74) is -0.402. The molecule has 0 radical (unpaired) electrons. The van der Waals surface area contributed by atoms with Crippen molar-refractivity contribution < 1.29 is 53.3 Å². The van der Waals surface area contributed by atoms with E-state index in [1.54, 1.807) is 0 Å². The van der Waals surface area contributed by atoms with Crippen LogP contribution in [-0.2, 0) is 0 Å². The summed E-state index contributed by atoms with van der Waals surface area (Å²) in [5.74, 6) is -13.9. The molecule has 0 bridgehead atoms. The number of carbonyl (C=O) groups is 2. The summed E-state index contributed by atoms with van der Waals surface area (Å²) in [7, 11) is 0. The molecule has 1 unspecified atom stereocenters. The summed E-state index contributed by atoms with van der Waals surface area (Å²) in [6.45, 7) is 0. The molecule has 0 aromatic heterocycles. The van der Waals surface area contributed by atoms with Crippen LogP contribution < -0.4 is 11.1 Å². The van der Waals surface area contributed by atoms with Crippen molar-refractivity contribution in [3.8, 4) is 0 Å². The Labute approximate surface area is 125 Å². The van der Waals surface area contributed by atoms with E-state index in [1.807, 2.05) is 0 Å². The van der Waals surface area contributed by atoms with E-state index < -0.39 is 46.8 Å². The summed E-state index contributed by atoms with van der Waals surface area (Å²) in [6.07, 6.45) is -6.26. The van der Waals surface area contributed by atoms with Gasteiger partial charge < -0.3 is 22.7 Å². The second kappa shape index (κ2) is 5.61. The summed E-state index contributed by atoms with van der Waals surface area (Å²) in [5, 5.41) is 18.7. The molecule has 12 heteroatoms. The number of quaternary nitrogens is 1. The van der Waals surface area contributed by atoms with Crippen molar-refractivity contribution in [3.63, 3.8) is 0 Å². The number of nitrogens with one attached hydrogen (secondary N) is 1. The van der Waals surface area contributed by atoms with Crippen molar-refractivity contribution in [2.24, 2.45) is 0 Å². The molecule has 6 nitrogen and oxygen atoms in total. The Hall–Kier alpha value is -2.50. The van der Waals surface area contributed by atoms with Crippen LogP contribution in [0.5, 0.6) is 0 Å². The highest BCUT2D eigenvalue weighted by atomic mass is 19.4. The summed E-state index contributed by atoms with van der Waals surface area (Å²) >= 11 is 0. The predicted molar refractivity (Wildman–Crippen MR) is 62.8 cm³/mol. The van der Waals surface area contributed by atoms with Gasteiger partial charge in [-0.25, -0.2) is 9.59 Å². The number of alkyl halides is 6. The van der Waals surface area contributed by atoms with E-state index >= 15 is 0 Å². The van der Waals surface area contributed by atoms with Gasteiger partial charge in [0.1, 0.15) is 0 Å². The van der Waals surface area contributed by atoms with E-state index in [4.69, 9.17) is 10.2 Å². The van der Waals surface area contributed by atoms with Gasteiger partial charge in [0.15, 0.2) is 0 Å². The van der Waals surface area contributed by atoms with Crippen LogP contribution >= 0.6 is 0 Å². The van der Waals surface area contributed by atoms with Gasteiger partial charge in [0.25, 0.3) is 0 Å². The Kier molecular flexibility index (Phi) is 4.52. The van der Waals surface area contributed by atoms with Crippen LogP contribution in [0.3, 0.4) is 0 Å². The molecular formula is C11H10F6N2O4. The molecule has 6 N–H and O–H groups in total. The van der Waals surface area contributed by atoms with Crippen LogP contribution in [-0.4, -0.2) is 40.2 Å². The van der Waals surface area contributed by atoms with Gasteiger partial charge in [-0.05, 0) is 18.2 Å². The Morgan fingerprint density at radius 3 is 1.87 bits per heavy atom. The fourth-order valence-corrected chi connectivity index (χ4v) is 1.52. The number of aromatic carboxylic acids is 2. The SMILES string of the molecule is [H-].[NH3+]C(F)(Nc1ccc(C(=O)O)c(C(=O)O)c1)C(F)(F)C(F)(F)F. The fraction of sp³-hybridized carbons (Fsp3) is 0.273. The zero-order valence-electron chi connectivity index (χ0n) is 11.9. The van der Waals surface area contributed by atoms with Gasteiger partial charge in [-0.3, -0.25) is 0 Å². The average Bonchev–Trinajstić information content (AvgIpc) is 2.36. The average molecular weight is 348 g/mol. The maximum Gasteiger partial charge on any atom is 0.466 e. The van der Waals surface area contributed by atoms with Crippen LogP contribution in [0.15, 0.2) is 18.2 Å². The molecular weight excluding hydrogens is 338 g/mol. The minimum Gasteiger partial charge on any atom is -1.00 e. The van der Waals surface area contributed by atoms with E-state index in [0.29, 0.717) is 18.2 Å². The van der Waals surface area contributed by atoms with Crippen LogP contribution in [0.25, 0.3) is 0 Å². The van der Waals surface area contributed by atoms with E-state index in [-0.39, 0.29) is 1.43 Å². The lowest BCUT2D eigenvalue weighted by Crippen LogP contribution is -2.84. The molecule has 130 valence electrons. The van der Waals surface area contributed by atoms with Crippen molar-refractivity contribution in [2.45, 2.75) is 18.0 Å². The quantitative estimate of drug-likeness (QED) is 0.367. The zero-order chi connectivity index (χ0) is 18.2. The lowest BCUT2D eigenvalue weighted by molar-refractivity contribution is -0.576. The Balaban J connectivity index is 0.00000529. The van der Waals surface area contributed by atoms with Crippen molar-refractivity contribution in [3.05, 3.63) is 29.3 Å². The molecule has 1 aromatic rings. The third-order valence-electron chi connectivity index (χ3n) is 2.68. The van der Waals surface area contributed by atoms with Gasteiger partial charge in [-0.15, -0.1) is 0 Å². The first-order valence-electron chi connectivity index (χ1n) is 5.58. The highest BCUT2D eigenvalue weighted by Crippen LogP contribution is 2.42. The molecule has 1 rings (SSSR count).